The van der Waals surface area contributed by atoms with Crippen molar-refractivity contribution in [3.8, 4) is 0 Å². The van der Waals surface area contributed by atoms with Gasteiger partial charge in [0, 0.05) is 6.54 Å². The maximum absolute atomic E-state index is 5.75. The standard InChI is InChI=1S/C16H27NO/c1-13(2)10-17-11-14-6-8-15(9-7-14)12-18-16(3,4)5/h6-9,13,17H,10-12H2,1-5H3. The van der Waals surface area contributed by atoms with Gasteiger partial charge in [0.1, 0.15) is 0 Å². The molecule has 18 heavy (non-hydrogen) atoms. The zero-order valence-corrected chi connectivity index (χ0v) is 12.4. The first-order chi connectivity index (χ1) is 8.37. The molecule has 2 nitrogen and oxygen atoms in total. The highest BCUT2D eigenvalue weighted by atomic mass is 16.5. The third-order valence-electron chi connectivity index (χ3n) is 2.58. The summed E-state index contributed by atoms with van der Waals surface area (Å²) in [6, 6.07) is 8.65. The van der Waals surface area contributed by atoms with Gasteiger partial charge in [-0.05, 0) is 44.4 Å². The molecule has 0 aliphatic rings. The smallest absolute Gasteiger partial charge is 0.0724 e. The fourth-order valence-electron chi connectivity index (χ4n) is 1.56. The third-order valence-corrected chi connectivity index (χ3v) is 2.58. The average molecular weight is 249 g/mol. The van der Waals surface area contributed by atoms with Gasteiger partial charge in [-0.25, -0.2) is 0 Å². The van der Waals surface area contributed by atoms with E-state index in [2.05, 4.69) is 64.2 Å². The molecule has 102 valence electrons. The van der Waals surface area contributed by atoms with Crippen LogP contribution in [0.15, 0.2) is 24.3 Å². The second-order valence-electron chi connectivity index (χ2n) is 6.24. The first-order valence-electron chi connectivity index (χ1n) is 6.79. The zero-order chi connectivity index (χ0) is 13.6. The minimum absolute atomic E-state index is 0.0719. The molecule has 0 atom stereocenters. The number of benzene rings is 1. The Morgan fingerprint density at radius 3 is 2.11 bits per heavy atom. The molecule has 0 saturated carbocycles. The molecule has 0 aliphatic heterocycles. The highest BCUT2D eigenvalue weighted by molar-refractivity contribution is 5.21. The molecule has 0 saturated heterocycles. The molecule has 1 rings (SSSR count). The van der Waals surface area contributed by atoms with Crippen molar-refractivity contribution >= 4 is 0 Å². The van der Waals surface area contributed by atoms with Crippen LogP contribution in [0.5, 0.6) is 0 Å². The lowest BCUT2D eigenvalue weighted by atomic mass is 10.1. The van der Waals surface area contributed by atoms with Crippen molar-refractivity contribution in [2.75, 3.05) is 6.54 Å². The Bertz CT molecular complexity index is 335. The van der Waals surface area contributed by atoms with Gasteiger partial charge in [0.25, 0.3) is 0 Å². The molecular formula is C16H27NO. The monoisotopic (exact) mass is 249 g/mol. The van der Waals surface area contributed by atoms with Crippen LogP contribution in [0.1, 0.15) is 45.7 Å². The lowest BCUT2D eigenvalue weighted by molar-refractivity contribution is -0.0149. The summed E-state index contributed by atoms with van der Waals surface area (Å²) < 4.78 is 5.75. The van der Waals surface area contributed by atoms with Crippen LogP contribution in [0.3, 0.4) is 0 Å². The SMILES string of the molecule is CC(C)CNCc1ccc(COC(C)(C)C)cc1. The Labute approximate surface area is 112 Å². The quantitative estimate of drug-likeness (QED) is 0.829. The summed E-state index contributed by atoms with van der Waals surface area (Å²) in [7, 11) is 0. The number of hydrogen-bond donors (Lipinski definition) is 1. The van der Waals surface area contributed by atoms with Crippen molar-refractivity contribution in [3.63, 3.8) is 0 Å². The molecule has 0 radical (unpaired) electrons. The Balaban J connectivity index is 2.38. The number of rotatable bonds is 6. The van der Waals surface area contributed by atoms with E-state index in [0.717, 1.165) is 13.1 Å². The molecule has 0 bridgehead atoms. The Kier molecular flexibility index (Phi) is 5.83. The van der Waals surface area contributed by atoms with Crippen LogP contribution in [0.25, 0.3) is 0 Å². The minimum Gasteiger partial charge on any atom is -0.371 e. The van der Waals surface area contributed by atoms with Gasteiger partial charge < -0.3 is 10.1 Å². The van der Waals surface area contributed by atoms with Gasteiger partial charge in [-0.1, -0.05) is 38.1 Å². The number of nitrogens with one attached hydrogen (secondary N) is 1. The molecule has 0 fully saturated rings. The number of ether oxygens (including phenoxy) is 1. The topological polar surface area (TPSA) is 21.3 Å². The summed E-state index contributed by atoms with van der Waals surface area (Å²) in [5.41, 5.74) is 2.49. The lowest BCUT2D eigenvalue weighted by Crippen LogP contribution is -2.19. The van der Waals surface area contributed by atoms with E-state index in [-0.39, 0.29) is 5.60 Å². The summed E-state index contributed by atoms with van der Waals surface area (Å²) in [4.78, 5) is 0. The molecule has 0 unspecified atom stereocenters. The van der Waals surface area contributed by atoms with E-state index in [4.69, 9.17) is 4.74 Å². The molecule has 0 amide bonds. The molecule has 1 aromatic carbocycles. The largest absolute Gasteiger partial charge is 0.371 e. The fourth-order valence-corrected chi connectivity index (χ4v) is 1.56. The van der Waals surface area contributed by atoms with Crippen LogP contribution in [-0.2, 0) is 17.9 Å². The number of hydrogen-bond acceptors (Lipinski definition) is 2. The van der Waals surface area contributed by atoms with Gasteiger partial charge in [0.15, 0.2) is 0 Å². The van der Waals surface area contributed by atoms with Crippen molar-refractivity contribution in [1.82, 2.24) is 5.32 Å². The molecule has 1 aromatic rings. The summed E-state index contributed by atoms with van der Waals surface area (Å²) in [6.07, 6.45) is 0. The van der Waals surface area contributed by atoms with E-state index < -0.39 is 0 Å². The van der Waals surface area contributed by atoms with Crippen molar-refractivity contribution in [2.45, 2.75) is 53.4 Å². The molecule has 0 aliphatic carbocycles. The average Bonchev–Trinajstić information content (AvgIpc) is 2.26. The van der Waals surface area contributed by atoms with Gasteiger partial charge in [-0.3, -0.25) is 0 Å². The van der Waals surface area contributed by atoms with Crippen molar-refractivity contribution in [1.29, 1.82) is 0 Å². The van der Waals surface area contributed by atoms with E-state index in [0.29, 0.717) is 12.5 Å². The van der Waals surface area contributed by atoms with Crippen LogP contribution in [0.4, 0.5) is 0 Å². The summed E-state index contributed by atoms with van der Waals surface area (Å²) >= 11 is 0. The first-order valence-corrected chi connectivity index (χ1v) is 6.79. The normalized spacial score (nSPS) is 12.1. The predicted molar refractivity (Wildman–Crippen MR) is 77.5 cm³/mol. The van der Waals surface area contributed by atoms with Crippen LogP contribution in [0, 0.1) is 5.92 Å². The Morgan fingerprint density at radius 1 is 1.06 bits per heavy atom. The summed E-state index contributed by atoms with van der Waals surface area (Å²) in [5.74, 6) is 0.699. The van der Waals surface area contributed by atoms with Gasteiger partial charge >= 0.3 is 0 Å². The third kappa shape index (κ3) is 6.77. The minimum atomic E-state index is -0.0719. The maximum atomic E-state index is 5.75. The maximum Gasteiger partial charge on any atom is 0.0724 e. The van der Waals surface area contributed by atoms with Crippen LogP contribution < -0.4 is 5.32 Å². The van der Waals surface area contributed by atoms with Crippen LogP contribution in [-0.4, -0.2) is 12.1 Å². The highest BCUT2D eigenvalue weighted by Gasteiger charge is 2.09. The van der Waals surface area contributed by atoms with Gasteiger partial charge in [-0.2, -0.15) is 0 Å². The molecule has 2 heteroatoms. The second kappa shape index (κ2) is 6.91. The zero-order valence-electron chi connectivity index (χ0n) is 12.4. The van der Waals surface area contributed by atoms with Crippen LogP contribution in [0.2, 0.25) is 0 Å². The van der Waals surface area contributed by atoms with Crippen LogP contribution >= 0.6 is 0 Å². The van der Waals surface area contributed by atoms with E-state index in [1.54, 1.807) is 0 Å². The predicted octanol–water partition coefficient (Wildman–Crippen LogP) is 3.75. The molecule has 0 spiro atoms. The van der Waals surface area contributed by atoms with Crippen molar-refractivity contribution in [2.24, 2.45) is 5.92 Å². The van der Waals surface area contributed by atoms with E-state index in [9.17, 15) is 0 Å². The molecular weight excluding hydrogens is 222 g/mol. The summed E-state index contributed by atoms with van der Waals surface area (Å²) in [5, 5.41) is 3.45. The first kappa shape index (κ1) is 15.2. The van der Waals surface area contributed by atoms with Crippen molar-refractivity contribution in [3.05, 3.63) is 35.4 Å². The summed E-state index contributed by atoms with van der Waals surface area (Å²) in [6.45, 7) is 13.4. The second-order valence-corrected chi connectivity index (χ2v) is 6.24. The Hall–Kier alpha value is -0.860. The van der Waals surface area contributed by atoms with Gasteiger partial charge in [-0.15, -0.1) is 0 Å². The Morgan fingerprint density at radius 2 is 1.61 bits per heavy atom. The van der Waals surface area contributed by atoms with E-state index in [1.165, 1.54) is 11.1 Å². The van der Waals surface area contributed by atoms with Gasteiger partial charge in [0.2, 0.25) is 0 Å². The molecule has 0 heterocycles. The highest BCUT2D eigenvalue weighted by Crippen LogP contribution is 2.12. The van der Waals surface area contributed by atoms with Crippen molar-refractivity contribution < 1.29 is 4.74 Å². The molecule has 0 aromatic heterocycles. The van der Waals surface area contributed by atoms with Gasteiger partial charge in [0.05, 0.1) is 12.2 Å². The van der Waals surface area contributed by atoms with E-state index >= 15 is 0 Å². The fraction of sp³-hybridized carbons (Fsp3) is 0.625. The van der Waals surface area contributed by atoms with E-state index in [1.807, 2.05) is 0 Å². The lowest BCUT2D eigenvalue weighted by Gasteiger charge is -2.19. The molecule has 1 N–H and O–H groups in total.